The second-order valence-electron chi connectivity index (χ2n) is 5.11. The van der Waals surface area contributed by atoms with Crippen molar-refractivity contribution in [2.75, 3.05) is 7.05 Å². The zero-order valence-electron chi connectivity index (χ0n) is 13.0. The van der Waals surface area contributed by atoms with E-state index in [1.165, 1.54) is 36.2 Å². The van der Waals surface area contributed by atoms with Gasteiger partial charge in [0, 0.05) is 25.2 Å². The molecule has 0 radical (unpaired) electrons. The Labute approximate surface area is 146 Å². The number of carbonyl (C=O) groups excluding carboxylic acids is 1. The van der Waals surface area contributed by atoms with Crippen LogP contribution in [-0.4, -0.2) is 29.4 Å². The van der Waals surface area contributed by atoms with E-state index in [9.17, 15) is 23.7 Å². The van der Waals surface area contributed by atoms with Gasteiger partial charge in [0.25, 0.3) is 11.6 Å². The third-order valence-electron chi connectivity index (χ3n) is 3.30. The summed E-state index contributed by atoms with van der Waals surface area (Å²) in [5, 5.41) is 10.8. The Morgan fingerprint density at radius 2 is 1.92 bits per heavy atom. The molecule has 132 valence electrons. The number of nitro benzene ring substituents is 1. The predicted molar refractivity (Wildman–Crippen MR) is 87.0 cm³/mol. The first-order chi connectivity index (χ1) is 11.8. The second-order valence-corrected chi connectivity index (χ2v) is 5.51. The molecule has 25 heavy (non-hydrogen) atoms. The first-order valence-electron chi connectivity index (χ1n) is 7.01. The number of hydrogen-bond donors (Lipinski definition) is 0. The highest BCUT2D eigenvalue weighted by Crippen LogP contribution is 2.26. The summed E-state index contributed by atoms with van der Waals surface area (Å²) < 4.78 is 28.5. The van der Waals surface area contributed by atoms with E-state index in [0.717, 1.165) is 6.07 Å². The molecule has 0 saturated carbocycles. The van der Waals surface area contributed by atoms with Gasteiger partial charge in [-0.1, -0.05) is 23.7 Å². The topological polar surface area (TPSA) is 72.7 Å². The summed E-state index contributed by atoms with van der Waals surface area (Å²) in [6.07, 6.45) is 0. The van der Waals surface area contributed by atoms with Gasteiger partial charge in [0.1, 0.15) is 10.8 Å². The highest BCUT2D eigenvalue weighted by Gasteiger charge is 2.18. The molecule has 0 atom stereocenters. The maximum Gasteiger partial charge on any atom is 0.387 e. The molecule has 2 aromatic carbocycles. The van der Waals surface area contributed by atoms with E-state index in [4.69, 9.17) is 11.6 Å². The predicted octanol–water partition coefficient (Wildman–Crippen LogP) is 4.12. The lowest BCUT2D eigenvalue weighted by Gasteiger charge is -2.17. The van der Waals surface area contributed by atoms with E-state index in [1.54, 1.807) is 12.1 Å². The average Bonchev–Trinajstić information content (AvgIpc) is 2.55. The van der Waals surface area contributed by atoms with Crippen LogP contribution >= 0.6 is 11.6 Å². The lowest BCUT2D eigenvalue weighted by molar-refractivity contribution is -0.384. The van der Waals surface area contributed by atoms with Crippen LogP contribution in [0.25, 0.3) is 0 Å². The minimum Gasteiger partial charge on any atom is -0.435 e. The smallest absolute Gasteiger partial charge is 0.387 e. The van der Waals surface area contributed by atoms with E-state index in [2.05, 4.69) is 4.74 Å². The summed E-state index contributed by atoms with van der Waals surface area (Å²) in [4.78, 5) is 24.0. The Balaban J connectivity index is 2.10. The fourth-order valence-electron chi connectivity index (χ4n) is 2.13. The molecule has 0 spiro atoms. The summed E-state index contributed by atoms with van der Waals surface area (Å²) in [5.41, 5.74) is 0.451. The summed E-state index contributed by atoms with van der Waals surface area (Å²) in [6.45, 7) is -2.72. The van der Waals surface area contributed by atoms with Gasteiger partial charge in [-0.2, -0.15) is 8.78 Å². The van der Waals surface area contributed by atoms with E-state index >= 15 is 0 Å². The van der Waals surface area contributed by atoms with E-state index in [0.29, 0.717) is 5.56 Å². The number of nitro groups is 1. The summed E-state index contributed by atoms with van der Waals surface area (Å²) >= 11 is 5.72. The Morgan fingerprint density at radius 1 is 1.28 bits per heavy atom. The van der Waals surface area contributed by atoms with Crippen molar-refractivity contribution >= 4 is 23.2 Å². The van der Waals surface area contributed by atoms with Crippen molar-refractivity contribution in [1.29, 1.82) is 0 Å². The molecule has 0 heterocycles. The van der Waals surface area contributed by atoms with E-state index in [-0.39, 0.29) is 28.6 Å². The monoisotopic (exact) mass is 370 g/mol. The summed E-state index contributed by atoms with van der Waals surface area (Å²) in [5.74, 6) is -0.422. The van der Waals surface area contributed by atoms with Crippen LogP contribution in [0.2, 0.25) is 5.02 Å². The van der Waals surface area contributed by atoms with Crippen molar-refractivity contribution in [2.45, 2.75) is 13.2 Å². The van der Waals surface area contributed by atoms with Crippen LogP contribution < -0.4 is 4.74 Å². The molecule has 0 fully saturated rings. The Bertz CT molecular complexity index is 784. The molecular weight excluding hydrogens is 358 g/mol. The van der Waals surface area contributed by atoms with Crippen molar-refractivity contribution in [3.05, 3.63) is 68.7 Å². The zero-order valence-corrected chi connectivity index (χ0v) is 13.7. The summed E-state index contributed by atoms with van der Waals surface area (Å²) in [6, 6.07) is 9.63. The van der Waals surface area contributed by atoms with Gasteiger partial charge in [-0.25, -0.2) is 0 Å². The van der Waals surface area contributed by atoms with Gasteiger partial charge in [0.2, 0.25) is 0 Å². The van der Waals surface area contributed by atoms with Gasteiger partial charge in [-0.15, -0.1) is 0 Å². The molecule has 2 aromatic rings. The molecule has 0 saturated heterocycles. The van der Waals surface area contributed by atoms with Crippen LogP contribution in [0.1, 0.15) is 15.9 Å². The molecule has 0 N–H and O–H groups in total. The van der Waals surface area contributed by atoms with Crippen molar-refractivity contribution in [1.82, 2.24) is 4.90 Å². The van der Waals surface area contributed by atoms with Crippen molar-refractivity contribution in [3.8, 4) is 5.75 Å². The minimum atomic E-state index is -2.91. The van der Waals surface area contributed by atoms with Gasteiger partial charge in [0.15, 0.2) is 0 Å². The number of ether oxygens (including phenoxy) is 1. The zero-order chi connectivity index (χ0) is 18.6. The second kappa shape index (κ2) is 7.89. The van der Waals surface area contributed by atoms with Gasteiger partial charge in [0.05, 0.1) is 4.92 Å². The quantitative estimate of drug-likeness (QED) is 0.566. The maximum atomic E-state index is 12.4. The standard InChI is InChI=1S/C16H13ClF2N2O4/c1-20(9-10-2-5-12(6-3-10)25-16(18)19)15(22)11-4-7-13(17)14(8-11)21(23)24/h2-8,16H,9H2,1H3. The number of nitrogens with zero attached hydrogens (tertiary/aromatic N) is 2. The third-order valence-corrected chi connectivity index (χ3v) is 3.62. The van der Waals surface area contributed by atoms with Crippen molar-refractivity contribution in [3.63, 3.8) is 0 Å². The Morgan fingerprint density at radius 3 is 2.48 bits per heavy atom. The molecule has 0 aliphatic rings. The van der Waals surface area contributed by atoms with Crippen LogP contribution in [0.4, 0.5) is 14.5 Å². The number of hydrogen-bond acceptors (Lipinski definition) is 4. The summed E-state index contributed by atoms with van der Waals surface area (Å²) in [7, 11) is 1.52. The molecule has 2 rings (SSSR count). The van der Waals surface area contributed by atoms with E-state index in [1.807, 2.05) is 0 Å². The molecule has 0 aliphatic heterocycles. The molecule has 0 aromatic heterocycles. The number of amides is 1. The number of carbonyl (C=O) groups is 1. The van der Waals surface area contributed by atoms with Crippen molar-refractivity contribution in [2.24, 2.45) is 0 Å². The molecule has 0 aliphatic carbocycles. The molecule has 1 amide bonds. The maximum absolute atomic E-state index is 12.4. The molecule has 6 nitrogen and oxygen atoms in total. The number of rotatable bonds is 6. The lowest BCUT2D eigenvalue weighted by atomic mass is 10.1. The number of halogens is 3. The third kappa shape index (κ3) is 4.87. The average molecular weight is 371 g/mol. The van der Waals surface area contributed by atoms with Crippen LogP contribution in [0.5, 0.6) is 5.75 Å². The van der Waals surface area contributed by atoms with E-state index < -0.39 is 17.4 Å². The molecule has 9 heteroatoms. The molecule has 0 bridgehead atoms. The fraction of sp³-hybridized carbons (Fsp3) is 0.188. The first kappa shape index (κ1) is 18.6. The van der Waals surface area contributed by atoms with Crippen LogP contribution in [-0.2, 0) is 6.54 Å². The van der Waals surface area contributed by atoms with Gasteiger partial charge in [-0.05, 0) is 29.8 Å². The first-order valence-corrected chi connectivity index (χ1v) is 7.39. The number of alkyl halides is 2. The highest BCUT2D eigenvalue weighted by molar-refractivity contribution is 6.32. The van der Waals surface area contributed by atoms with Gasteiger partial charge in [-0.3, -0.25) is 14.9 Å². The largest absolute Gasteiger partial charge is 0.435 e. The van der Waals surface area contributed by atoms with Crippen LogP contribution in [0, 0.1) is 10.1 Å². The van der Waals surface area contributed by atoms with Gasteiger partial charge < -0.3 is 9.64 Å². The van der Waals surface area contributed by atoms with Crippen LogP contribution in [0.15, 0.2) is 42.5 Å². The van der Waals surface area contributed by atoms with Gasteiger partial charge >= 0.3 is 6.61 Å². The Hall–Kier alpha value is -2.74. The number of benzene rings is 2. The van der Waals surface area contributed by atoms with Crippen molar-refractivity contribution < 1.29 is 23.2 Å². The fourth-order valence-corrected chi connectivity index (χ4v) is 2.31. The van der Waals surface area contributed by atoms with Crippen LogP contribution in [0.3, 0.4) is 0 Å². The minimum absolute atomic E-state index is 0.0149. The normalized spacial score (nSPS) is 10.6. The molecule has 0 unspecified atom stereocenters. The lowest BCUT2D eigenvalue weighted by Crippen LogP contribution is -2.26. The SMILES string of the molecule is CN(Cc1ccc(OC(F)F)cc1)C(=O)c1ccc(Cl)c([N+](=O)[O-])c1. The molecular formula is C16H13ClF2N2O4. The Kier molecular flexibility index (Phi) is 5.87. The highest BCUT2D eigenvalue weighted by atomic mass is 35.5.